The molecule has 0 saturated carbocycles. The van der Waals surface area contributed by atoms with Gasteiger partial charge in [0.05, 0.1) is 7.05 Å². The lowest BCUT2D eigenvalue weighted by Gasteiger charge is -2.23. The molecule has 5 rings (SSSR count). The van der Waals surface area contributed by atoms with E-state index in [4.69, 9.17) is 27.9 Å². The lowest BCUT2D eigenvalue weighted by molar-refractivity contribution is -0.672. The molecule has 2 heterocycles. The van der Waals surface area contributed by atoms with E-state index in [-0.39, 0.29) is 30.1 Å². The first kappa shape index (κ1) is 28.3. The quantitative estimate of drug-likeness (QED) is 0.273. The molecule has 11 heteroatoms. The summed E-state index contributed by atoms with van der Waals surface area (Å²) in [6.45, 7) is 0.385. The summed E-state index contributed by atoms with van der Waals surface area (Å²) in [5.41, 5.74) is 1.36. The third-order valence-corrected chi connectivity index (χ3v) is 7.20. The second-order valence-corrected chi connectivity index (χ2v) is 10.6. The maximum atomic E-state index is 13.4. The number of aryl methyl sites for hydroxylation is 1. The maximum Gasteiger partial charge on any atom is 0.264 e. The molecule has 1 saturated heterocycles. The highest BCUT2D eigenvalue weighted by molar-refractivity contribution is 6.35. The predicted molar refractivity (Wildman–Crippen MR) is 154 cm³/mol. The molecule has 8 nitrogen and oxygen atoms in total. The molecule has 1 fully saturated rings. The van der Waals surface area contributed by atoms with Crippen LogP contribution in [0.15, 0.2) is 85.5 Å². The zero-order chi connectivity index (χ0) is 28.9. The fourth-order valence-electron chi connectivity index (χ4n) is 4.61. The third kappa shape index (κ3) is 7.31. The summed E-state index contributed by atoms with van der Waals surface area (Å²) in [6.07, 6.45) is 7.61. The van der Waals surface area contributed by atoms with Gasteiger partial charge in [-0.2, -0.15) is 0 Å². The molecule has 1 N–H and O–H groups in total. The molecular weight excluding hydrogens is 568 g/mol. The number of likely N-dealkylation sites (tertiary alicyclic amines) is 1. The number of ether oxygens (including phenoxy) is 1. The summed E-state index contributed by atoms with van der Waals surface area (Å²) in [4.78, 5) is 28.4. The molecule has 2 amide bonds. The molecular formula is C30H27Cl2FN5O3+. The van der Waals surface area contributed by atoms with Gasteiger partial charge in [0.25, 0.3) is 12.2 Å². The van der Waals surface area contributed by atoms with Crippen LogP contribution >= 0.6 is 23.2 Å². The summed E-state index contributed by atoms with van der Waals surface area (Å²) in [6, 6.07) is 17.1. The first-order chi connectivity index (χ1) is 19.7. The van der Waals surface area contributed by atoms with Crippen LogP contribution in [0.3, 0.4) is 0 Å². The minimum Gasteiger partial charge on any atom is -0.457 e. The molecule has 3 aromatic carbocycles. The van der Waals surface area contributed by atoms with E-state index in [0.29, 0.717) is 40.2 Å². The van der Waals surface area contributed by atoms with Crippen LogP contribution in [-0.4, -0.2) is 39.1 Å². The van der Waals surface area contributed by atoms with E-state index in [2.05, 4.69) is 10.4 Å². The van der Waals surface area contributed by atoms with Crippen molar-refractivity contribution in [3.05, 3.63) is 107 Å². The first-order valence-electron chi connectivity index (χ1n) is 12.9. The normalized spacial score (nSPS) is 16.7. The van der Waals surface area contributed by atoms with Gasteiger partial charge in [0.2, 0.25) is 12.2 Å². The van der Waals surface area contributed by atoms with E-state index >= 15 is 0 Å². The van der Waals surface area contributed by atoms with Gasteiger partial charge in [-0.1, -0.05) is 41.4 Å². The summed E-state index contributed by atoms with van der Waals surface area (Å²) >= 11 is 12.3. The molecule has 0 bridgehead atoms. The van der Waals surface area contributed by atoms with Gasteiger partial charge >= 0.3 is 0 Å². The molecule has 2 unspecified atom stereocenters. The monoisotopic (exact) mass is 594 g/mol. The van der Waals surface area contributed by atoms with Crippen LogP contribution < -0.4 is 14.6 Å². The van der Waals surface area contributed by atoms with Crippen molar-refractivity contribution in [3.8, 4) is 11.5 Å². The fraction of sp³-hybridized carbons (Fsp3) is 0.200. The van der Waals surface area contributed by atoms with Crippen LogP contribution in [0.5, 0.6) is 11.5 Å². The average Bonchev–Trinajstić information content (AvgIpc) is 3.56. The number of anilines is 1. The molecule has 4 aromatic rings. The highest BCUT2D eigenvalue weighted by atomic mass is 35.5. The van der Waals surface area contributed by atoms with Gasteiger partial charge in [-0.3, -0.25) is 9.59 Å². The highest BCUT2D eigenvalue weighted by Crippen LogP contribution is 2.29. The van der Waals surface area contributed by atoms with Crippen LogP contribution in [0.25, 0.3) is 6.08 Å². The van der Waals surface area contributed by atoms with E-state index in [1.807, 2.05) is 25.3 Å². The summed E-state index contributed by atoms with van der Waals surface area (Å²) < 4.78 is 22.2. The SMILES string of the molecule is C[n+]1cnn(CC(=O)N2CC(C=Cc3ccc(Cl)cc3Cl)CC2C(=O)Nc2ccc(Oc3ccc(F)cc3)cc2)c1. The Bertz CT molecular complexity index is 1570. The van der Waals surface area contributed by atoms with Crippen molar-refractivity contribution in [2.45, 2.75) is 19.0 Å². The van der Waals surface area contributed by atoms with E-state index in [9.17, 15) is 14.0 Å². The van der Waals surface area contributed by atoms with Crippen LogP contribution in [0.2, 0.25) is 10.0 Å². The number of nitrogens with one attached hydrogen (secondary N) is 1. The van der Waals surface area contributed by atoms with Crippen molar-refractivity contribution in [1.82, 2.24) is 14.7 Å². The lowest BCUT2D eigenvalue weighted by atomic mass is 10.0. The number of hydrogen-bond acceptors (Lipinski definition) is 4. The molecule has 41 heavy (non-hydrogen) atoms. The minimum atomic E-state index is -0.683. The Hall–Kier alpha value is -4.21. The Morgan fingerprint density at radius 1 is 1.10 bits per heavy atom. The summed E-state index contributed by atoms with van der Waals surface area (Å²) in [7, 11) is 1.82. The first-order valence-corrected chi connectivity index (χ1v) is 13.6. The maximum absolute atomic E-state index is 13.4. The second-order valence-electron chi connectivity index (χ2n) is 9.76. The molecule has 1 aliphatic rings. The van der Waals surface area contributed by atoms with Crippen LogP contribution in [0, 0.1) is 11.7 Å². The van der Waals surface area contributed by atoms with Crippen LogP contribution in [0.4, 0.5) is 10.1 Å². The van der Waals surface area contributed by atoms with Crippen molar-refractivity contribution in [3.63, 3.8) is 0 Å². The van der Waals surface area contributed by atoms with Crippen molar-refractivity contribution in [2.24, 2.45) is 13.0 Å². The molecule has 0 spiro atoms. The van der Waals surface area contributed by atoms with E-state index in [1.165, 1.54) is 28.9 Å². The lowest BCUT2D eigenvalue weighted by Crippen LogP contribution is -2.44. The number of halogens is 3. The molecule has 0 radical (unpaired) electrons. The summed E-state index contributed by atoms with van der Waals surface area (Å²) in [5.74, 6) is 0.106. The van der Waals surface area contributed by atoms with Gasteiger partial charge in [0.1, 0.15) is 23.4 Å². The minimum absolute atomic E-state index is 0.0134. The zero-order valence-corrected chi connectivity index (χ0v) is 23.6. The number of aromatic nitrogens is 3. The number of benzene rings is 3. The van der Waals surface area contributed by atoms with Gasteiger partial charge in [-0.15, -0.1) is 4.68 Å². The standard InChI is InChI=1S/C30H26Cl2FN5O3/c1-36-18-34-37(19-36)17-29(39)38-16-20(2-3-21-4-5-22(31)15-27(21)32)14-28(38)30(40)35-24-8-12-26(13-9-24)41-25-10-6-23(33)7-11-25/h2-13,15,18-20,28H,14,16-17H2,1H3/p+1. The summed E-state index contributed by atoms with van der Waals surface area (Å²) in [5, 5.41) is 8.17. The largest absolute Gasteiger partial charge is 0.457 e. The van der Waals surface area contributed by atoms with Crippen molar-refractivity contribution in [2.75, 3.05) is 11.9 Å². The van der Waals surface area contributed by atoms with Crippen molar-refractivity contribution < 1.29 is 23.3 Å². The fourth-order valence-corrected chi connectivity index (χ4v) is 5.08. The predicted octanol–water partition coefficient (Wildman–Crippen LogP) is 5.52. The van der Waals surface area contributed by atoms with E-state index in [0.717, 1.165) is 5.56 Å². The van der Waals surface area contributed by atoms with E-state index < -0.39 is 6.04 Å². The molecule has 1 aromatic heterocycles. The Kier molecular flexibility index (Phi) is 8.66. The average molecular weight is 595 g/mol. The molecule has 1 aliphatic heterocycles. The van der Waals surface area contributed by atoms with Gasteiger partial charge in [0.15, 0.2) is 6.54 Å². The molecule has 0 aliphatic carbocycles. The molecule has 210 valence electrons. The van der Waals surface area contributed by atoms with Gasteiger partial charge in [-0.05, 0) is 78.6 Å². The number of carbonyl (C=O) groups excluding carboxylic acids is 2. The number of nitrogens with zero attached hydrogens (tertiary/aromatic N) is 4. The van der Waals surface area contributed by atoms with Crippen molar-refractivity contribution in [1.29, 1.82) is 0 Å². The van der Waals surface area contributed by atoms with Crippen LogP contribution in [-0.2, 0) is 23.2 Å². The Labute approximate surface area is 246 Å². The van der Waals surface area contributed by atoms with Crippen molar-refractivity contribution >= 4 is 46.8 Å². The third-order valence-electron chi connectivity index (χ3n) is 6.63. The smallest absolute Gasteiger partial charge is 0.264 e. The van der Waals surface area contributed by atoms with E-state index in [1.54, 1.807) is 58.5 Å². The topological polar surface area (TPSA) is 80.3 Å². The number of rotatable bonds is 8. The van der Waals surface area contributed by atoms with Gasteiger partial charge in [0, 0.05) is 27.4 Å². The Balaban J connectivity index is 1.29. The number of hydrogen-bond donors (Lipinski definition) is 1. The number of amides is 2. The second kappa shape index (κ2) is 12.5. The van der Waals surface area contributed by atoms with Crippen LogP contribution in [0.1, 0.15) is 12.0 Å². The zero-order valence-electron chi connectivity index (χ0n) is 22.1. The Morgan fingerprint density at radius 2 is 1.80 bits per heavy atom. The highest BCUT2D eigenvalue weighted by Gasteiger charge is 2.39. The number of carbonyl (C=O) groups is 2. The van der Waals surface area contributed by atoms with Gasteiger partial charge in [-0.25, -0.2) is 8.96 Å². The Morgan fingerprint density at radius 3 is 2.46 bits per heavy atom. The molecule has 2 atom stereocenters. The van der Waals surface area contributed by atoms with Gasteiger partial charge < -0.3 is 15.0 Å².